The van der Waals surface area contributed by atoms with Crippen molar-refractivity contribution in [2.75, 3.05) is 13.2 Å². The molecule has 5 nitrogen and oxygen atoms in total. The molecule has 3 rings (SSSR count). The van der Waals surface area contributed by atoms with Crippen LogP contribution in [-0.4, -0.2) is 35.7 Å². The van der Waals surface area contributed by atoms with Crippen LogP contribution in [-0.2, 0) is 9.53 Å². The Bertz CT molecular complexity index is 837. The van der Waals surface area contributed by atoms with Gasteiger partial charge >= 0.3 is 5.97 Å². The van der Waals surface area contributed by atoms with E-state index in [9.17, 15) is 18.4 Å². The summed E-state index contributed by atoms with van der Waals surface area (Å²) in [6.45, 7) is -0.188. The van der Waals surface area contributed by atoms with E-state index in [0.717, 1.165) is 23.4 Å². The zero-order valence-corrected chi connectivity index (χ0v) is 13.1. The van der Waals surface area contributed by atoms with Crippen molar-refractivity contribution in [2.45, 2.75) is 6.42 Å². The molecule has 128 valence electrons. The lowest BCUT2D eigenvalue weighted by Gasteiger charge is -2.11. The molecule has 1 aliphatic heterocycles. The molecule has 1 heterocycles. The molecule has 1 aliphatic rings. The number of nitrogens with zero attached hydrogens (tertiary/aromatic N) is 2. The average molecular weight is 344 g/mol. The molecule has 0 bridgehead atoms. The van der Waals surface area contributed by atoms with E-state index in [0.29, 0.717) is 19.0 Å². The van der Waals surface area contributed by atoms with Crippen LogP contribution in [0.25, 0.3) is 0 Å². The zero-order chi connectivity index (χ0) is 17.8. The summed E-state index contributed by atoms with van der Waals surface area (Å²) in [5.74, 6) is -3.38. The van der Waals surface area contributed by atoms with Crippen molar-refractivity contribution >= 4 is 17.6 Å². The number of rotatable bonds is 4. The van der Waals surface area contributed by atoms with Gasteiger partial charge in [-0.05, 0) is 17.7 Å². The number of esters is 1. The molecule has 0 saturated carbocycles. The van der Waals surface area contributed by atoms with Crippen molar-refractivity contribution in [1.29, 1.82) is 0 Å². The van der Waals surface area contributed by atoms with E-state index in [1.165, 1.54) is 5.01 Å². The largest absolute Gasteiger partial charge is 0.452 e. The van der Waals surface area contributed by atoms with E-state index in [1.54, 1.807) is 0 Å². The van der Waals surface area contributed by atoms with Crippen molar-refractivity contribution in [1.82, 2.24) is 5.01 Å². The molecule has 0 aromatic heterocycles. The summed E-state index contributed by atoms with van der Waals surface area (Å²) in [5, 5.41) is 5.44. The molecule has 0 N–H and O–H groups in total. The quantitative estimate of drug-likeness (QED) is 0.802. The van der Waals surface area contributed by atoms with Gasteiger partial charge in [-0.1, -0.05) is 30.3 Å². The van der Waals surface area contributed by atoms with Gasteiger partial charge in [0, 0.05) is 12.5 Å². The summed E-state index contributed by atoms with van der Waals surface area (Å²) in [4.78, 5) is 23.9. The molecular formula is C18H14F2N2O3. The van der Waals surface area contributed by atoms with Crippen LogP contribution < -0.4 is 0 Å². The predicted molar refractivity (Wildman–Crippen MR) is 85.9 cm³/mol. The Labute approximate surface area is 142 Å². The lowest BCUT2D eigenvalue weighted by molar-refractivity contribution is -0.134. The average Bonchev–Trinajstić information content (AvgIpc) is 3.10. The van der Waals surface area contributed by atoms with Crippen LogP contribution in [0.5, 0.6) is 0 Å². The molecule has 0 unspecified atom stereocenters. The second-order valence-corrected chi connectivity index (χ2v) is 5.38. The highest BCUT2D eigenvalue weighted by Gasteiger charge is 2.23. The third kappa shape index (κ3) is 3.88. The number of hydrogen-bond acceptors (Lipinski definition) is 4. The summed E-state index contributed by atoms with van der Waals surface area (Å²) in [6, 6.07) is 11.9. The first kappa shape index (κ1) is 16.8. The van der Waals surface area contributed by atoms with Crippen molar-refractivity contribution < 1.29 is 23.1 Å². The fourth-order valence-electron chi connectivity index (χ4n) is 2.41. The van der Waals surface area contributed by atoms with Crippen LogP contribution in [0.15, 0.2) is 53.6 Å². The number of benzene rings is 2. The van der Waals surface area contributed by atoms with Gasteiger partial charge in [-0.3, -0.25) is 4.79 Å². The number of carbonyl (C=O) groups is 2. The molecule has 0 radical (unpaired) electrons. The molecule has 0 saturated heterocycles. The number of carbonyl (C=O) groups excluding carboxylic acids is 2. The minimum atomic E-state index is -1.04. The van der Waals surface area contributed by atoms with Crippen LogP contribution in [0, 0.1) is 11.6 Å². The normalized spacial score (nSPS) is 13.5. The third-order valence-electron chi connectivity index (χ3n) is 3.67. The summed E-state index contributed by atoms with van der Waals surface area (Å²) < 4.78 is 31.1. The van der Waals surface area contributed by atoms with E-state index in [4.69, 9.17) is 4.74 Å². The number of amides is 1. The molecule has 0 spiro atoms. The number of ether oxygens (including phenoxy) is 1. The van der Waals surface area contributed by atoms with Crippen LogP contribution in [0.3, 0.4) is 0 Å². The summed E-state index contributed by atoms with van der Waals surface area (Å²) in [5.41, 5.74) is 1.26. The summed E-state index contributed by atoms with van der Waals surface area (Å²) in [7, 11) is 0. The Morgan fingerprint density at radius 1 is 1.12 bits per heavy atom. The fraction of sp³-hybridized carbons (Fsp3) is 0.167. The Kier molecular flexibility index (Phi) is 4.83. The van der Waals surface area contributed by atoms with E-state index in [2.05, 4.69) is 5.10 Å². The van der Waals surface area contributed by atoms with Gasteiger partial charge in [-0.15, -0.1) is 0 Å². The van der Waals surface area contributed by atoms with Crippen LogP contribution in [0.2, 0.25) is 0 Å². The molecule has 7 heteroatoms. The van der Waals surface area contributed by atoms with E-state index < -0.39 is 35.7 Å². The molecule has 2 aromatic carbocycles. The standard InChI is InChI=1S/C18H14F2N2O3/c19-13-6-7-14(15(20)10-13)18(24)25-11-17(23)22-9-8-16(21-22)12-4-2-1-3-5-12/h1-7,10H,8-9,11H2. The second-order valence-electron chi connectivity index (χ2n) is 5.38. The summed E-state index contributed by atoms with van der Waals surface area (Å²) >= 11 is 0. The first-order valence-electron chi connectivity index (χ1n) is 7.60. The lowest BCUT2D eigenvalue weighted by Crippen LogP contribution is -2.29. The SMILES string of the molecule is O=C(OCC(=O)N1CCC(c2ccccc2)=N1)c1ccc(F)cc1F. The second kappa shape index (κ2) is 7.21. The van der Waals surface area contributed by atoms with Crippen LogP contribution in [0.4, 0.5) is 8.78 Å². The maximum atomic E-state index is 13.5. The molecule has 2 aromatic rings. The number of halogens is 2. The summed E-state index contributed by atoms with van der Waals surface area (Å²) in [6.07, 6.45) is 0.594. The fourth-order valence-corrected chi connectivity index (χ4v) is 2.41. The first-order chi connectivity index (χ1) is 12.0. The lowest BCUT2D eigenvalue weighted by atomic mass is 10.1. The van der Waals surface area contributed by atoms with Gasteiger partial charge in [-0.25, -0.2) is 18.6 Å². The zero-order valence-electron chi connectivity index (χ0n) is 13.1. The van der Waals surface area contributed by atoms with E-state index >= 15 is 0 Å². The maximum absolute atomic E-state index is 13.5. The van der Waals surface area contributed by atoms with Gasteiger partial charge in [0.2, 0.25) is 0 Å². The topological polar surface area (TPSA) is 59.0 Å². The van der Waals surface area contributed by atoms with Crippen molar-refractivity contribution in [3.05, 3.63) is 71.3 Å². The minimum Gasteiger partial charge on any atom is -0.452 e. The maximum Gasteiger partial charge on any atom is 0.341 e. The Morgan fingerprint density at radius 3 is 2.60 bits per heavy atom. The monoisotopic (exact) mass is 344 g/mol. The van der Waals surface area contributed by atoms with Crippen LogP contribution >= 0.6 is 0 Å². The van der Waals surface area contributed by atoms with E-state index in [-0.39, 0.29) is 0 Å². The minimum absolute atomic E-state index is 0.380. The van der Waals surface area contributed by atoms with Gasteiger partial charge in [0.05, 0.1) is 17.8 Å². The molecule has 25 heavy (non-hydrogen) atoms. The molecule has 0 aliphatic carbocycles. The van der Waals surface area contributed by atoms with Crippen LogP contribution in [0.1, 0.15) is 22.3 Å². The number of hydrazone groups is 1. The van der Waals surface area contributed by atoms with Crippen molar-refractivity contribution in [3.8, 4) is 0 Å². The Hall–Kier alpha value is -3.09. The van der Waals surface area contributed by atoms with Gasteiger partial charge in [0.25, 0.3) is 5.91 Å². The van der Waals surface area contributed by atoms with Gasteiger partial charge in [0.15, 0.2) is 6.61 Å². The highest BCUT2D eigenvalue weighted by Crippen LogP contribution is 2.14. The van der Waals surface area contributed by atoms with Crippen molar-refractivity contribution in [2.24, 2.45) is 5.10 Å². The Morgan fingerprint density at radius 2 is 1.88 bits per heavy atom. The highest BCUT2D eigenvalue weighted by atomic mass is 19.1. The smallest absolute Gasteiger partial charge is 0.341 e. The molecule has 0 fully saturated rings. The predicted octanol–water partition coefficient (Wildman–Crippen LogP) is 2.76. The third-order valence-corrected chi connectivity index (χ3v) is 3.67. The van der Waals surface area contributed by atoms with Gasteiger partial charge in [0.1, 0.15) is 11.6 Å². The molecule has 1 amide bonds. The highest BCUT2D eigenvalue weighted by molar-refractivity contribution is 6.02. The van der Waals surface area contributed by atoms with Crippen molar-refractivity contribution in [3.63, 3.8) is 0 Å². The molecular weight excluding hydrogens is 330 g/mol. The van der Waals surface area contributed by atoms with Gasteiger partial charge < -0.3 is 4.74 Å². The Balaban J connectivity index is 1.60. The van der Waals surface area contributed by atoms with Gasteiger partial charge in [-0.2, -0.15) is 5.10 Å². The molecule has 0 atom stereocenters. The number of hydrogen-bond donors (Lipinski definition) is 0. The van der Waals surface area contributed by atoms with E-state index in [1.807, 2.05) is 30.3 Å². The first-order valence-corrected chi connectivity index (χ1v) is 7.60.